The van der Waals surface area contributed by atoms with Crippen molar-refractivity contribution >= 4 is 44.4 Å². The number of carbonyl (C=O) groups excluding carboxylic acids is 1. The van der Waals surface area contributed by atoms with Crippen LogP contribution in [-0.4, -0.2) is 34.7 Å². The van der Waals surface area contributed by atoms with Gasteiger partial charge in [0.15, 0.2) is 0 Å². The van der Waals surface area contributed by atoms with Crippen LogP contribution in [0.25, 0.3) is 10.9 Å². The Balaban J connectivity index is 1.88. The third-order valence-electron chi connectivity index (χ3n) is 3.53. The molecule has 0 aliphatic rings. The van der Waals surface area contributed by atoms with Crippen LogP contribution in [0.5, 0.6) is 0 Å². The summed E-state index contributed by atoms with van der Waals surface area (Å²) in [5.74, 6) is 0.233. The zero-order valence-electron chi connectivity index (χ0n) is 15.5. The highest BCUT2D eigenvalue weighted by Crippen LogP contribution is 2.28. The monoisotopic (exact) mass is 438 g/mol. The van der Waals surface area contributed by atoms with Gasteiger partial charge in [-0.1, -0.05) is 22.0 Å². The number of unbranched alkanes of at least 4 members (excludes halogenated alkanes) is 1. The zero-order valence-corrected chi connectivity index (χ0v) is 17.1. The first kappa shape index (κ1) is 20.9. The van der Waals surface area contributed by atoms with E-state index >= 15 is 0 Å². The minimum absolute atomic E-state index is 0.0642. The number of fused-ring (bicyclic) bond motifs is 1. The predicted octanol–water partition coefficient (Wildman–Crippen LogP) is 4.62. The normalized spacial score (nSPS) is 11.3. The van der Waals surface area contributed by atoms with Gasteiger partial charge in [-0.3, -0.25) is 10.1 Å². The number of halogens is 1. The van der Waals surface area contributed by atoms with Gasteiger partial charge in [0.25, 0.3) is 0 Å². The fourth-order valence-corrected chi connectivity index (χ4v) is 2.69. The fraction of sp³-hybridized carbons (Fsp3) is 0.444. The maximum atomic E-state index is 11.5. The Morgan fingerprint density at radius 3 is 2.70 bits per heavy atom. The van der Waals surface area contributed by atoms with E-state index in [-0.39, 0.29) is 23.7 Å². The number of nitrogens with zero attached hydrogens (tertiary/aromatic N) is 2. The molecule has 0 aliphatic heterocycles. The molecule has 1 aromatic heterocycles. The molecule has 1 heterocycles. The number of pyridine rings is 1. The molecular formula is C18H23BrN4O4. The van der Waals surface area contributed by atoms with E-state index < -0.39 is 11.0 Å². The second-order valence-corrected chi connectivity index (χ2v) is 8.01. The van der Waals surface area contributed by atoms with Gasteiger partial charge in [0.1, 0.15) is 0 Å². The number of aromatic nitrogens is 1. The topological polar surface area (TPSA) is 106 Å². The van der Waals surface area contributed by atoms with Crippen molar-refractivity contribution in [3.05, 3.63) is 38.9 Å². The highest BCUT2D eigenvalue weighted by atomic mass is 79.9. The van der Waals surface area contributed by atoms with E-state index in [1.54, 1.807) is 6.07 Å². The van der Waals surface area contributed by atoms with Crippen LogP contribution in [0.4, 0.5) is 16.3 Å². The van der Waals surface area contributed by atoms with Crippen LogP contribution in [0, 0.1) is 10.1 Å². The van der Waals surface area contributed by atoms with Crippen LogP contribution < -0.4 is 10.6 Å². The van der Waals surface area contributed by atoms with Gasteiger partial charge < -0.3 is 15.4 Å². The molecule has 27 heavy (non-hydrogen) atoms. The number of ether oxygens (including phenoxy) is 1. The minimum atomic E-state index is -0.451. The van der Waals surface area contributed by atoms with E-state index in [2.05, 4.69) is 31.5 Å². The Hall–Kier alpha value is -2.42. The van der Waals surface area contributed by atoms with E-state index in [4.69, 9.17) is 4.74 Å². The molecule has 0 saturated carbocycles. The third kappa shape index (κ3) is 6.67. The van der Waals surface area contributed by atoms with Gasteiger partial charge in [-0.05, 0) is 45.7 Å². The second-order valence-electron chi connectivity index (χ2n) is 7.10. The molecule has 0 saturated heterocycles. The van der Waals surface area contributed by atoms with Gasteiger partial charge in [-0.25, -0.2) is 9.78 Å². The summed E-state index contributed by atoms with van der Waals surface area (Å²) in [7, 11) is 0. The number of nitrogens with one attached hydrogen (secondary N) is 2. The van der Waals surface area contributed by atoms with Crippen molar-refractivity contribution in [2.24, 2.45) is 0 Å². The van der Waals surface area contributed by atoms with Crippen molar-refractivity contribution in [1.82, 2.24) is 10.3 Å². The van der Waals surface area contributed by atoms with Gasteiger partial charge in [0.2, 0.25) is 5.82 Å². The molecule has 8 nitrogen and oxygen atoms in total. The van der Waals surface area contributed by atoms with Crippen molar-refractivity contribution in [3.63, 3.8) is 0 Å². The molecule has 146 valence electrons. The molecule has 0 atom stereocenters. The van der Waals surface area contributed by atoms with Gasteiger partial charge >= 0.3 is 11.8 Å². The number of hydrogen-bond acceptors (Lipinski definition) is 6. The van der Waals surface area contributed by atoms with E-state index in [9.17, 15) is 14.9 Å². The van der Waals surface area contributed by atoms with Gasteiger partial charge in [-0.2, -0.15) is 0 Å². The minimum Gasteiger partial charge on any atom is -0.450 e. The standard InChI is InChI=1S/C18H23BrN4O4/c1-18(2,3)22-17(24)27-9-5-4-8-20-16-15(23(25)26)10-12-6-7-13(19)11-14(12)21-16/h6-7,10-11H,4-5,8-9H2,1-3H3,(H,20,21)(H,22,24). The average molecular weight is 439 g/mol. The van der Waals surface area contributed by atoms with E-state index in [1.807, 2.05) is 32.9 Å². The lowest BCUT2D eigenvalue weighted by Crippen LogP contribution is -2.41. The average Bonchev–Trinajstić information content (AvgIpc) is 2.55. The first-order chi connectivity index (χ1) is 12.7. The van der Waals surface area contributed by atoms with Crippen LogP contribution in [0.15, 0.2) is 28.7 Å². The summed E-state index contributed by atoms with van der Waals surface area (Å²) in [6.07, 6.45) is 0.864. The van der Waals surface area contributed by atoms with Gasteiger partial charge in [-0.15, -0.1) is 0 Å². The fourth-order valence-electron chi connectivity index (χ4n) is 2.34. The first-order valence-corrected chi connectivity index (χ1v) is 9.38. The Kier molecular flexibility index (Phi) is 6.95. The summed E-state index contributed by atoms with van der Waals surface area (Å²) in [5, 5.41) is 17.7. The van der Waals surface area contributed by atoms with E-state index in [0.29, 0.717) is 30.3 Å². The molecule has 0 unspecified atom stereocenters. The van der Waals surface area contributed by atoms with Crippen LogP contribution in [-0.2, 0) is 4.74 Å². The summed E-state index contributed by atoms with van der Waals surface area (Å²) in [4.78, 5) is 26.8. The van der Waals surface area contributed by atoms with Crippen molar-refractivity contribution < 1.29 is 14.5 Å². The second kappa shape index (κ2) is 8.98. The maximum absolute atomic E-state index is 11.5. The Morgan fingerprint density at radius 2 is 2.04 bits per heavy atom. The smallest absolute Gasteiger partial charge is 0.407 e. The molecule has 0 spiro atoms. The molecule has 2 aromatic rings. The highest BCUT2D eigenvalue weighted by molar-refractivity contribution is 9.10. The van der Waals surface area contributed by atoms with E-state index in [0.717, 1.165) is 4.47 Å². The van der Waals surface area contributed by atoms with E-state index in [1.165, 1.54) is 6.07 Å². The Labute approximate surface area is 166 Å². The summed E-state index contributed by atoms with van der Waals surface area (Å²) in [5.41, 5.74) is 0.263. The number of nitro groups is 1. The van der Waals surface area contributed by atoms with Crippen molar-refractivity contribution in [2.45, 2.75) is 39.2 Å². The van der Waals surface area contributed by atoms with Gasteiger partial charge in [0.05, 0.1) is 17.0 Å². The molecule has 2 N–H and O–H groups in total. The van der Waals surface area contributed by atoms with Crippen LogP contribution in [0.3, 0.4) is 0 Å². The lowest BCUT2D eigenvalue weighted by Gasteiger charge is -2.19. The van der Waals surface area contributed by atoms with Crippen LogP contribution >= 0.6 is 15.9 Å². The highest BCUT2D eigenvalue weighted by Gasteiger charge is 2.17. The molecule has 0 radical (unpaired) electrons. The Morgan fingerprint density at radius 1 is 1.30 bits per heavy atom. The lowest BCUT2D eigenvalue weighted by atomic mass is 10.1. The number of rotatable bonds is 7. The summed E-state index contributed by atoms with van der Waals surface area (Å²) in [6.45, 7) is 6.39. The zero-order chi connectivity index (χ0) is 20.0. The third-order valence-corrected chi connectivity index (χ3v) is 4.02. The number of amides is 1. The summed E-state index contributed by atoms with van der Waals surface area (Å²) in [6, 6.07) is 6.92. The van der Waals surface area contributed by atoms with Crippen LogP contribution in [0.1, 0.15) is 33.6 Å². The molecule has 9 heteroatoms. The van der Waals surface area contributed by atoms with Crippen molar-refractivity contribution in [3.8, 4) is 0 Å². The molecule has 1 amide bonds. The largest absolute Gasteiger partial charge is 0.450 e. The van der Waals surface area contributed by atoms with Gasteiger partial charge in [0, 0.05) is 28.0 Å². The molecular weight excluding hydrogens is 416 g/mol. The predicted molar refractivity (Wildman–Crippen MR) is 108 cm³/mol. The summed E-state index contributed by atoms with van der Waals surface area (Å²) >= 11 is 3.37. The van der Waals surface area contributed by atoms with Crippen LogP contribution in [0.2, 0.25) is 0 Å². The SMILES string of the molecule is CC(C)(C)NC(=O)OCCCCNc1nc2cc(Br)ccc2cc1[N+](=O)[O-]. The molecule has 1 aromatic carbocycles. The number of hydrogen-bond donors (Lipinski definition) is 2. The maximum Gasteiger partial charge on any atom is 0.407 e. The quantitative estimate of drug-likeness (QED) is 0.370. The molecule has 2 rings (SSSR count). The van der Waals surface area contributed by atoms with Crippen molar-refractivity contribution in [1.29, 1.82) is 0 Å². The number of anilines is 1. The molecule has 0 bridgehead atoms. The first-order valence-electron chi connectivity index (χ1n) is 8.59. The lowest BCUT2D eigenvalue weighted by molar-refractivity contribution is -0.384. The Bertz CT molecular complexity index is 836. The molecule has 0 aliphatic carbocycles. The molecule has 0 fully saturated rings. The van der Waals surface area contributed by atoms with Crippen molar-refractivity contribution in [2.75, 3.05) is 18.5 Å². The number of alkyl carbamates (subject to hydrolysis) is 1. The summed E-state index contributed by atoms with van der Waals surface area (Å²) < 4.78 is 5.95. The number of benzene rings is 1. The number of carbonyl (C=O) groups is 1.